The molecule has 14 rings (SSSR count). The van der Waals surface area contributed by atoms with E-state index in [-0.39, 0.29) is 12.0 Å². The quantitative estimate of drug-likeness (QED) is 0.170. The minimum Gasteiger partial charge on any atom is -0.456 e. The molecule has 65 heavy (non-hydrogen) atoms. The molecule has 0 fully saturated rings. The highest BCUT2D eigenvalue weighted by molar-refractivity contribution is 7.27. The van der Waals surface area contributed by atoms with Crippen molar-refractivity contribution in [2.45, 2.75) is 19.4 Å². The van der Waals surface area contributed by atoms with Gasteiger partial charge in [-0.15, -0.1) is 11.3 Å². The minimum atomic E-state index is -0.246. The molecule has 2 atom stereocenters. The van der Waals surface area contributed by atoms with Crippen LogP contribution in [-0.2, 0) is 0 Å². The lowest BCUT2D eigenvalue weighted by atomic mass is 9.82. The Balaban J connectivity index is 1.12. The normalized spacial score (nSPS) is 15.7. The summed E-state index contributed by atoms with van der Waals surface area (Å²) >= 11 is 1.86. The first-order valence-corrected chi connectivity index (χ1v) is 23.4. The predicted molar refractivity (Wildman–Crippen MR) is 276 cm³/mol. The third-order valence-electron chi connectivity index (χ3n) is 13.9. The van der Waals surface area contributed by atoms with Crippen molar-refractivity contribution in [1.82, 2.24) is 4.57 Å². The second kappa shape index (κ2) is 14.1. The molecule has 4 heterocycles. The van der Waals surface area contributed by atoms with Gasteiger partial charge in [0.05, 0.1) is 22.8 Å². The molecule has 10 aromatic carbocycles. The van der Waals surface area contributed by atoms with Gasteiger partial charge in [-0.25, -0.2) is 4.99 Å². The van der Waals surface area contributed by atoms with E-state index >= 15 is 0 Å². The molecule has 4 nitrogen and oxygen atoms in total. The highest BCUT2D eigenvalue weighted by atomic mass is 32.1. The lowest BCUT2D eigenvalue weighted by molar-refractivity contribution is 0.527. The third kappa shape index (κ3) is 5.43. The van der Waals surface area contributed by atoms with Crippen molar-refractivity contribution >= 4 is 119 Å². The molecule has 306 valence electrons. The predicted octanol–water partition coefficient (Wildman–Crippen LogP) is 16.5. The van der Waals surface area contributed by atoms with E-state index in [2.05, 4.69) is 200 Å². The lowest BCUT2D eigenvalue weighted by Gasteiger charge is -2.30. The monoisotopic (exact) mass is 849 g/mol. The molecule has 13 aromatic rings. The van der Waals surface area contributed by atoms with E-state index in [4.69, 9.17) is 14.4 Å². The highest BCUT2D eigenvalue weighted by Gasteiger charge is 2.35. The molecule has 0 spiro atoms. The first-order chi connectivity index (χ1) is 32.2. The van der Waals surface area contributed by atoms with Crippen LogP contribution in [0.25, 0.3) is 102 Å². The molecule has 0 radical (unpaired) electrons. The fourth-order valence-corrected chi connectivity index (χ4v) is 12.3. The summed E-state index contributed by atoms with van der Waals surface area (Å²) in [5.41, 5.74) is 9.52. The number of aliphatic imine (C=N–C) groups is 2. The van der Waals surface area contributed by atoms with Crippen molar-refractivity contribution in [3.63, 3.8) is 0 Å². The summed E-state index contributed by atoms with van der Waals surface area (Å²) in [5, 5.41) is 14.5. The Morgan fingerprint density at radius 2 is 1.20 bits per heavy atom. The topological polar surface area (TPSA) is 42.8 Å². The van der Waals surface area contributed by atoms with Crippen LogP contribution in [0.5, 0.6) is 0 Å². The molecule has 2 unspecified atom stereocenters. The summed E-state index contributed by atoms with van der Waals surface area (Å²) in [6, 6.07) is 70.4. The van der Waals surface area contributed by atoms with E-state index in [9.17, 15) is 0 Å². The molecule has 0 aliphatic carbocycles. The van der Waals surface area contributed by atoms with E-state index in [0.717, 1.165) is 62.3 Å². The van der Waals surface area contributed by atoms with Crippen LogP contribution in [0.4, 0.5) is 0 Å². The number of amidine groups is 1. The van der Waals surface area contributed by atoms with Gasteiger partial charge in [-0.05, 0) is 69.2 Å². The van der Waals surface area contributed by atoms with Crippen LogP contribution in [0.1, 0.15) is 36.1 Å². The average molecular weight is 850 g/mol. The van der Waals surface area contributed by atoms with Gasteiger partial charge in [0.15, 0.2) is 5.84 Å². The average Bonchev–Trinajstić information content (AvgIpc) is 4.05. The summed E-state index contributed by atoms with van der Waals surface area (Å²) in [4.78, 5) is 11.6. The maximum atomic E-state index is 6.77. The third-order valence-corrected chi connectivity index (χ3v) is 15.2. The van der Waals surface area contributed by atoms with Crippen molar-refractivity contribution in [2.24, 2.45) is 15.9 Å². The fourth-order valence-electron chi connectivity index (χ4n) is 10.9. The maximum absolute atomic E-state index is 6.77. The molecule has 1 aliphatic heterocycles. The zero-order chi connectivity index (χ0) is 42.8. The number of thiophene rings is 1. The van der Waals surface area contributed by atoms with Crippen LogP contribution in [-0.4, -0.2) is 16.1 Å². The molecule has 3 aromatic heterocycles. The van der Waals surface area contributed by atoms with Gasteiger partial charge in [-0.1, -0.05) is 171 Å². The summed E-state index contributed by atoms with van der Waals surface area (Å²) in [6.07, 6.45) is 0.860. The van der Waals surface area contributed by atoms with Crippen molar-refractivity contribution in [2.75, 3.05) is 0 Å². The smallest absolute Gasteiger partial charge is 0.157 e. The number of furan rings is 1. The van der Waals surface area contributed by atoms with Gasteiger partial charge < -0.3 is 8.98 Å². The van der Waals surface area contributed by atoms with Crippen LogP contribution in [0, 0.1) is 5.92 Å². The van der Waals surface area contributed by atoms with Gasteiger partial charge in [-0.3, -0.25) is 4.99 Å². The second-order valence-corrected chi connectivity index (χ2v) is 18.5. The van der Waals surface area contributed by atoms with Crippen LogP contribution < -0.4 is 0 Å². The molecule has 0 saturated heterocycles. The van der Waals surface area contributed by atoms with Crippen molar-refractivity contribution in [1.29, 1.82) is 0 Å². The van der Waals surface area contributed by atoms with Crippen molar-refractivity contribution in [3.8, 4) is 5.69 Å². The number of benzene rings is 10. The van der Waals surface area contributed by atoms with Crippen molar-refractivity contribution in [3.05, 3.63) is 211 Å². The number of fused-ring (bicyclic) bond motifs is 14. The molecule has 5 heteroatoms. The Kier molecular flexibility index (Phi) is 7.92. The van der Waals surface area contributed by atoms with Crippen molar-refractivity contribution < 1.29 is 4.42 Å². The van der Waals surface area contributed by atoms with Gasteiger partial charge in [-0.2, -0.15) is 0 Å². The van der Waals surface area contributed by atoms with Gasteiger partial charge in [0.2, 0.25) is 0 Å². The van der Waals surface area contributed by atoms with Crippen LogP contribution in [0.2, 0.25) is 0 Å². The molecule has 1 aliphatic rings. The zero-order valence-electron chi connectivity index (χ0n) is 35.5. The highest BCUT2D eigenvalue weighted by Crippen LogP contribution is 2.47. The molecule has 0 bridgehead atoms. The molecule has 0 saturated carbocycles. The SMILES string of the molecule is CCC1C(c2ccccc2)=NC(c2cc(-n3c4cc5ccccc5cc4c4ccc5ccccc5c43)cc3c2sc2c4ccccc4ccc32)=NC1c1cccc2c1oc1ccccc12. The van der Waals surface area contributed by atoms with E-state index in [1.54, 1.807) is 0 Å². The fraction of sp³-hybridized carbons (Fsp3) is 0.0667. The number of rotatable bonds is 5. The van der Waals surface area contributed by atoms with Crippen LogP contribution >= 0.6 is 11.3 Å². The van der Waals surface area contributed by atoms with Crippen LogP contribution in [0.15, 0.2) is 209 Å². The van der Waals surface area contributed by atoms with Gasteiger partial charge in [0.1, 0.15) is 11.2 Å². The second-order valence-electron chi connectivity index (χ2n) is 17.5. The molecule has 0 N–H and O–H groups in total. The Bertz CT molecular complexity index is 4190. The number of hydrogen-bond donors (Lipinski definition) is 0. The number of para-hydroxylation sites is 2. The molecule has 0 amide bonds. The van der Waals surface area contributed by atoms with E-state index < -0.39 is 0 Å². The van der Waals surface area contributed by atoms with E-state index in [1.807, 2.05) is 17.4 Å². The minimum absolute atomic E-state index is 0.0157. The summed E-state index contributed by atoms with van der Waals surface area (Å²) in [6.45, 7) is 2.27. The summed E-state index contributed by atoms with van der Waals surface area (Å²) < 4.78 is 11.7. The summed E-state index contributed by atoms with van der Waals surface area (Å²) in [5.74, 6) is 0.757. The summed E-state index contributed by atoms with van der Waals surface area (Å²) in [7, 11) is 0. The standard InChI is InChI=1S/C60H39N3OS/c1-2-41-54(37-17-4-3-5-18-37)61-60(62-55(41)48-25-14-24-46-44-23-12-13-26-53(44)64-57(46)48)51-34-40(33-50-47-30-28-36-16-9-11-22-43(36)58(47)65-59(50)51)63-52-32-39-20-7-6-19-38(39)31-49(52)45-29-27-35-15-8-10-21-42(35)56(45)63/h3-34,41,55H,2H2,1H3. The zero-order valence-corrected chi connectivity index (χ0v) is 36.3. The Morgan fingerprint density at radius 1 is 0.523 bits per heavy atom. The first kappa shape index (κ1) is 36.6. The van der Waals surface area contributed by atoms with Gasteiger partial charge >= 0.3 is 0 Å². The van der Waals surface area contributed by atoms with Gasteiger partial charge in [0, 0.05) is 69.8 Å². The van der Waals surface area contributed by atoms with Crippen LogP contribution in [0.3, 0.4) is 0 Å². The molecular formula is C60H39N3OS. The Hall–Kier alpha value is -7.86. The number of nitrogens with zero attached hydrogens (tertiary/aromatic N) is 3. The first-order valence-electron chi connectivity index (χ1n) is 22.5. The van der Waals surface area contributed by atoms with E-state index in [1.165, 1.54) is 74.3 Å². The number of hydrogen-bond acceptors (Lipinski definition) is 4. The van der Waals surface area contributed by atoms with Gasteiger partial charge in [0.25, 0.3) is 0 Å². The largest absolute Gasteiger partial charge is 0.456 e. The maximum Gasteiger partial charge on any atom is 0.157 e. The Morgan fingerprint density at radius 3 is 2.02 bits per heavy atom. The lowest BCUT2D eigenvalue weighted by Crippen LogP contribution is -2.28. The Labute approximate surface area is 378 Å². The molecular weight excluding hydrogens is 811 g/mol. The number of aromatic nitrogens is 1. The van der Waals surface area contributed by atoms with E-state index in [0.29, 0.717) is 0 Å².